The van der Waals surface area contributed by atoms with E-state index in [0.29, 0.717) is 28.2 Å². The predicted octanol–water partition coefficient (Wildman–Crippen LogP) is 5.60. The highest BCUT2D eigenvalue weighted by molar-refractivity contribution is 9.10. The quantitative estimate of drug-likeness (QED) is 0.467. The molecule has 33 heavy (non-hydrogen) atoms. The number of imide groups is 1. The fourth-order valence-electron chi connectivity index (χ4n) is 5.21. The van der Waals surface area contributed by atoms with Crippen LogP contribution in [0.2, 0.25) is 0 Å². The van der Waals surface area contributed by atoms with Gasteiger partial charge in [0.15, 0.2) is 0 Å². The number of benzene rings is 2. The monoisotopic (exact) mass is 506 g/mol. The van der Waals surface area contributed by atoms with Crippen molar-refractivity contribution in [3.63, 3.8) is 0 Å². The minimum atomic E-state index is -1.03. The molecule has 1 saturated heterocycles. The number of halogens is 1. The Morgan fingerprint density at radius 3 is 2.45 bits per heavy atom. The maximum Gasteiger partial charge on any atom is 0.336 e. The Morgan fingerprint density at radius 1 is 1.06 bits per heavy atom. The van der Waals surface area contributed by atoms with Gasteiger partial charge in [-0.15, -0.1) is 0 Å². The molecule has 0 spiro atoms. The van der Waals surface area contributed by atoms with E-state index in [9.17, 15) is 19.5 Å². The number of carbonyl (C=O) groups excluding carboxylic acids is 2. The Bertz CT molecular complexity index is 1320. The zero-order chi connectivity index (χ0) is 23.4. The van der Waals surface area contributed by atoms with Crippen molar-refractivity contribution in [2.24, 2.45) is 17.8 Å². The normalized spacial score (nSPS) is 22.6. The highest BCUT2D eigenvalue weighted by atomic mass is 79.9. The molecule has 2 heterocycles. The number of carbonyl (C=O) groups is 3. The summed E-state index contributed by atoms with van der Waals surface area (Å²) in [6.45, 7) is 4.03. The van der Waals surface area contributed by atoms with Crippen molar-refractivity contribution in [1.82, 2.24) is 4.98 Å². The maximum atomic E-state index is 13.0. The van der Waals surface area contributed by atoms with Gasteiger partial charge in [0.05, 0.1) is 34.3 Å². The fourth-order valence-corrected chi connectivity index (χ4v) is 5.78. The third kappa shape index (κ3) is 3.64. The molecule has 168 valence electrons. The summed E-state index contributed by atoms with van der Waals surface area (Å²) in [6.07, 6.45) is 2.50. The molecule has 3 unspecified atom stereocenters. The standard InChI is InChI=1S/C26H23BrN2O4/c1-13-3-8-18-20(9-13)25(31)29(24(18)30)17-6-4-15(5-7-17)22-12-21(26(32)33)19-11-16(27)10-14(2)23(19)28-22/h4-7,10-13,18,20H,3,8-9H2,1-2H3,(H,32,33). The second-order valence-corrected chi connectivity index (χ2v) is 10.1. The summed E-state index contributed by atoms with van der Waals surface area (Å²) in [4.78, 5) is 44.0. The van der Waals surface area contributed by atoms with Gasteiger partial charge in [0.25, 0.3) is 0 Å². The summed E-state index contributed by atoms with van der Waals surface area (Å²) in [6, 6.07) is 12.3. The maximum absolute atomic E-state index is 13.0. The lowest BCUT2D eigenvalue weighted by atomic mass is 9.76. The van der Waals surface area contributed by atoms with Gasteiger partial charge < -0.3 is 5.11 Å². The van der Waals surface area contributed by atoms with Crippen molar-refractivity contribution in [2.75, 3.05) is 4.90 Å². The fraction of sp³-hybridized carbons (Fsp3) is 0.308. The van der Waals surface area contributed by atoms with Gasteiger partial charge in [-0.25, -0.2) is 9.78 Å². The molecule has 0 radical (unpaired) electrons. The largest absolute Gasteiger partial charge is 0.478 e. The average molecular weight is 507 g/mol. The van der Waals surface area contributed by atoms with Crippen LogP contribution in [-0.2, 0) is 9.59 Å². The van der Waals surface area contributed by atoms with Gasteiger partial charge in [-0.05, 0) is 68.0 Å². The molecule has 0 bridgehead atoms. The topological polar surface area (TPSA) is 87.6 Å². The van der Waals surface area contributed by atoms with Crippen LogP contribution < -0.4 is 4.90 Å². The number of fused-ring (bicyclic) bond motifs is 2. The van der Waals surface area contributed by atoms with Gasteiger partial charge in [-0.2, -0.15) is 0 Å². The van der Waals surface area contributed by atoms with E-state index in [4.69, 9.17) is 4.98 Å². The van der Waals surface area contributed by atoms with Gasteiger partial charge >= 0.3 is 5.97 Å². The number of hydrogen-bond donors (Lipinski definition) is 1. The molecule has 1 aliphatic carbocycles. The summed E-state index contributed by atoms with van der Waals surface area (Å²) in [7, 11) is 0. The summed E-state index contributed by atoms with van der Waals surface area (Å²) < 4.78 is 0.795. The second-order valence-electron chi connectivity index (χ2n) is 9.17. The van der Waals surface area contributed by atoms with Gasteiger partial charge in [0.1, 0.15) is 0 Å². The molecular formula is C26H23BrN2O4. The van der Waals surface area contributed by atoms with Crippen LogP contribution in [0.4, 0.5) is 5.69 Å². The van der Waals surface area contributed by atoms with Crippen molar-refractivity contribution in [3.8, 4) is 11.3 Å². The molecule has 3 aromatic rings. The van der Waals surface area contributed by atoms with Crippen LogP contribution in [0.25, 0.3) is 22.2 Å². The highest BCUT2D eigenvalue weighted by Crippen LogP contribution is 2.42. The molecule has 7 heteroatoms. The van der Waals surface area contributed by atoms with E-state index in [1.807, 2.05) is 13.0 Å². The highest BCUT2D eigenvalue weighted by Gasteiger charge is 2.49. The first kappa shape index (κ1) is 21.8. The lowest BCUT2D eigenvalue weighted by Gasteiger charge is -2.25. The number of amides is 2. The van der Waals surface area contributed by atoms with Crippen LogP contribution in [-0.4, -0.2) is 27.9 Å². The number of carboxylic acids is 1. The predicted molar refractivity (Wildman–Crippen MR) is 129 cm³/mol. The first-order valence-corrected chi connectivity index (χ1v) is 11.9. The van der Waals surface area contributed by atoms with E-state index >= 15 is 0 Å². The molecular weight excluding hydrogens is 484 g/mol. The molecule has 2 aliphatic rings. The summed E-state index contributed by atoms with van der Waals surface area (Å²) in [5.41, 5.74) is 3.46. The molecule has 2 fully saturated rings. The third-order valence-corrected chi connectivity index (χ3v) is 7.37. The number of carboxylic acid groups (broad SMARTS) is 1. The number of aryl methyl sites for hydroxylation is 1. The van der Waals surface area contributed by atoms with Crippen LogP contribution in [0.3, 0.4) is 0 Å². The molecule has 5 rings (SSSR count). The Balaban J connectivity index is 1.52. The molecule has 3 atom stereocenters. The number of anilines is 1. The van der Waals surface area contributed by atoms with Crippen LogP contribution in [0.15, 0.2) is 46.9 Å². The zero-order valence-electron chi connectivity index (χ0n) is 18.3. The number of aromatic nitrogens is 1. The van der Waals surface area contributed by atoms with Crippen molar-refractivity contribution in [1.29, 1.82) is 0 Å². The SMILES string of the molecule is Cc1cc(Br)cc2c(C(=O)O)cc(-c3ccc(N4C(=O)C5CCC(C)CC5C4=O)cc3)nc12. The molecule has 2 aromatic carbocycles. The first-order valence-electron chi connectivity index (χ1n) is 11.1. The lowest BCUT2D eigenvalue weighted by Crippen LogP contribution is -2.30. The van der Waals surface area contributed by atoms with Crippen LogP contribution >= 0.6 is 15.9 Å². The Hall–Kier alpha value is -3.06. The van der Waals surface area contributed by atoms with E-state index in [1.165, 1.54) is 4.90 Å². The van der Waals surface area contributed by atoms with Gasteiger partial charge in [-0.1, -0.05) is 35.0 Å². The van der Waals surface area contributed by atoms with E-state index in [2.05, 4.69) is 22.9 Å². The summed E-state index contributed by atoms with van der Waals surface area (Å²) >= 11 is 3.43. The van der Waals surface area contributed by atoms with Gasteiger partial charge in [0, 0.05) is 15.4 Å². The van der Waals surface area contributed by atoms with Gasteiger partial charge in [-0.3, -0.25) is 14.5 Å². The Labute approximate surface area is 199 Å². The Morgan fingerprint density at radius 2 is 1.76 bits per heavy atom. The van der Waals surface area contributed by atoms with E-state index in [-0.39, 0.29) is 29.2 Å². The Kier molecular flexibility index (Phi) is 5.32. The number of pyridine rings is 1. The minimum absolute atomic E-state index is 0.108. The smallest absolute Gasteiger partial charge is 0.336 e. The van der Waals surface area contributed by atoms with Crippen LogP contribution in [0, 0.1) is 24.7 Å². The van der Waals surface area contributed by atoms with Gasteiger partial charge in [0.2, 0.25) is 11.8 Å². The van der Waals surface area contributed by atoms with Crippen LogP contribution in [0.5, 0.6) is 0 Å². The summed E-state index contributed by atoms with van der Waals surface area (Å²) in [5, 5.41) is 10.3. The van der Waals surface area contributed by atoms with Crippen molar-refractivity contribution >= 4 is 50.3 Å². The number of aromatic carboxylic acids is 1. The molecule has 1 N–H and O–H groups in total. The van der Waals surface area contributed by atoms with Crippen LogP contribution in [0.1, 0.15) is 42.1 Å². The van der Waals surface area contributed by atoms with Crippen molar-refractivity contribution in [3.05, 3.63) is 58.1 Å². The summed E-state index contributed by atoms with van der Waals surface area (Å²) in [5.74, 6) is -1.22. The van der Waals surface area contributed by atoms with E-state index in [0.717, 1.165) is 34.9 Å². The van der Waals surface area contributed by atoms with E-state index < -0.39 is 5.97 Å². The number of nitrogens with zero attached hydrogens (tertiary/aromatic N) is 2. The molecule has 1 aliphatic heterocycles. The van der Waals surface area contributed by atoms with Crippen molar-refractivity contribution in [2.45, 2.75) is 33.1 Å². The minimum Gasteiger partial charge on any atom is -0.478 e. The first-order chi connectivity index (χ1) is 15.7. The van der Waals surface area contributed by atoms with E-state index in [1.54, 1.807) is 36.4 Å². The molecule has 2 amide bonds. The second kappa shape index (κ2) is 8.06. The average Bonchev–Trinajstić information content (AvgIpc) is 3.02. The zero-order valence-corrected chi connectivity index (χ0v) is 19.9. The number of rotatable bonds is 3. The lowest BCUT2D eigenvalue weighted by molar-refractivity contribution is -0.122. The molecule has 6 nitrogen and oxygen atoms in total. The van der Waals surface area contributed by atoms with Crippen molar-refractivity contribution < 1.29 is 19.5 Å². The third-order valence-electron chi connectivity index (χ3n) is 6.91. The number of hydrogen-bond acceptors (Lipinski definition) is 4. The molecule has 1 saturated carbocycles. The molecule has 1 aromatic heterocycles.